The number of benzene rings is 1. The van der Waals surface area contributed by atoms with Crippen molar-refractivity contribution in [2.45, 2.75) is 25.8 Å². The van der Waals surface area contributed by atoms with E-state index >= 15 is 0 Å². The first kappa shape index (κ1) is 23.0. The van der Waals surface area contributed by atoms with Gasteiger partial charge >= 0.3 is 5.97 Å². The van der Waals surface area contributed by atoms with Crippen LogP contribution < -0.4 is 5.32 Å². The number of hydrogen-bond acceptors (Lipinski definition) is 8. The number of halogens is 2. The van der Waals surface area contributed by atoms with Crippen molar-refractivity contribution < 1.29 is 22.8 Å². The smallest absolute Gasteiger partial charge is 0.305 e. The van der Waals surface area contributed by atoms with Gasteiger partial charge in [0, 0.05) is 24.6 Å². The van der Waals surface area contributed by atoms with Crippen molar-refractivity contribution in [2.75, 3.05) is 19.0 Å². The van der Waals surface area contributed by atoms with Crippen molar-refractivity contribution in [3.63, 3.8) is 0 Å². The number of aromatic nitrogens is 5. The van der Waals surface area contributed by atoms with E-state index < -0.39 is 5.82 Å². The van der Waals surface area contributed by atoms with E-state index in [4.69, 9.17) is 4.52 Å². The van der Waals surface area contributed by atoms with Crippen LogP contribution in [0, 0.1) is 11.6 Å². The quantitative estimate of drug-likeness (QED) is 0.274. The Kier molecular flexibility index (Phi) is 7.21. The van der Waals surface area contributed by atoms with Gasteiger partial charge in [0.05, 0.1) is 25.5 Å². The molecule has 0 atom stereocenters. The second-order valence-corrected chi connectivity index (χ2v) is 7.40. The van der Waals surface area contributed by atoms with Gasteiger partial charge in [-0.15, -0.1) is 0 Å². The van der Waals surface area contributed by atoms with Crippen LogP contribution in [-0.2, 0) is 16.1 Å². The largest absolute Gasteiger partial charge is 0.469 e. The Balaban J connectivity index is 1.56. The molecule has 1 aromatic carbocycles. The normalized spacial score (nSPS) is 10.9. The number of carbonyl (C=O) groups excluding carboxylic acids is 1. The Hall–Kier alpha value is -4.15. The van der Waals surface area contributed by atoms with E-state index in [0.717, 1.165) is 6.20 Å². The topological polar surface area (TPSA) is 108 Å². The second kappa shape index (κ2) is 10.6. The van der Waals surface area contributed by atoms with Gasteiger partial charge in [-0.3, -0.25) is 9.48 Å². The molecule has 0 saturated carbocycles. The standard InChI is InChI=1S/C23H22F2N6O3/c1-33-21(32)8-4-5-10-26-22-17(25)13-27-23(28-22)19-12-20(18-9-11-34-30-18)31(29-19)14-15-6-2-3-7-16(15)24/h2-3,6-7,9,11-13H,4-5,8,10,14H2,1H3,(H,26,27,28). The number of rotatable bonds is 10. The van der Waals surface area contributed by atoms with E-state index in [0.29, 0.717) is 48.5 Å². The zero-order valence-corrected chi connectivity index (χ0v) is 18.4. The molecule has 0 amide bonds. The van der Waals surface area contributed by atoms with Crippen molar-refractivity contribution in [2.24, 2.45) is 0 Å². The van der Waals surface area contributed by atoms with Crippen LogP contribution in [-0.4, -0.2) is 44.5 Å². The van der Waals surface area contributed by atoms with Gasteiger partial charge in [0.25, 0.3) is 0 Å². The average molecular weight is 468 g/mol. The maximum absolute atomic E-state index is 14.3. The monoisotopic (exact) mass is 468 g/mol. The molecule has 3 heterocycles. The number of methoxy groups -OCH3 is 1. The minimum atomic E-state index is -0.612. The molecular formula is C23H22F2N6O3. The highest BCUT2D eigenvalue weighted by molar-refractivity contribution is 5.69. The highest BCUT2D eigenvalue weighted by Gasteiger charge is 2.18. The van der Waals surface area contributed by atoms with Crippen molar-refractivity contribution >= 4 is 11.8 Å². The Morgan fingerprint density at radius 1 is 1.15 bits per heavy atom. The first-order valence-corrected chi connectivity index (χ1v) is 10.6. The van der Waals surface area contributed by atoms with Crippen molar-refractivity contribution in [1.29, 1.82) is 0 Å². The number of esters is 1. The van der Waals surface area contributed by atoms with Gasteiger partial charge in [-0.1, -0.05) is 23.4 Å². The van der Waals surface area contributed by atoms with Gasteiger partial charge in [0.1, 0.15) is 23.5 Å². The highest BCUT2D eigenvalue weighted by Crippen LogP contribution is 2.26. The third-order valence-electron chi connectivity index (χ3n) is 5.06. The van der Waals surface area contributed by atoms with Gasteiger partial charge in [-0.2, -0.15) is 5.10 Å². The molecule has 4 aromatic rings. The fourth-order valence-electron chi connectivity index (χ4n) is 3.30. The molecule has 0 bridgehead atoms. The molecule has 0 aliphatic heterocycles. The number of nitrogens with zero attached hydrogens (tertiary/aromatic N) is 5. The lowest BCUT2D eigenvalue weighted by atomic mass is 10.2. The van der Waals surface area contributed by atoms with Gasteiger partial charge in [-0.25, -0.2) is 18.7 Å². The summed E-state index contributed by atoms with van der Waals surface area (Å²) in [5.41, 5.74) is 1.87. The number of hydrogen-bond donors (Lipinski definition) is 1. The molecule has 0 unspecified atom stereocenters. The number of nitrogens with one attached hydrogen (secondary N) is 1. The van der Waals surface area contributed by atoms with Crippen molar-refractivity contribution in [3.8, 4) is 22.9 Å². The van der Waals surface area contributed by atoms with Gasteiger partial charge in [0.2, 0.25) is 0 Å². The Morgan fingerprint density at radius 2 is 2.00 bits per heavy atom. The Labute approximate surface area is 193 Å². The van der Waals surface area contributed by atoms with E-state index in [-0.39, 0.29) is 30.0 Å². The molecule has 11 heteroatoms. The van der Waals surface area contributed by atoms with Crippen molar-refractivity contribution in [3.05, 3.63) is 66.1 Å². The maximum atomic E-state index is 14.3. The van der Waals surface area contributed by atoms with Crippen LogP contribution in [0.25, 0.3) is 22.9 Å². The molecule has 3 aromatic heterocycles. The van der Waals surface area contributed by atoms with Crippen LogP contribution in [0.2, 0.25) is 0 Å². The fourth-order valence-corrected chi connectivity index (χ4v) is 3.30. The predicted molar refractivity (Wildman–Crippen MR) is 119 cm³/mol. The second-order valence-electron chi connectivity index (χ2n) is 7.40. The lowest BCUT2D eigenvalue weighted by Crippen LogP contribution is -2.09. The SMILES string of the molecule is COC(=O)CCCCNc1nc(-c2cc(-c3ccon3)n(Cc3ccccc3F)n2)ncc1F. The molecular weight excluding hydrogens is 446 g/mol. The summed E-state index contributed by atoms with van der Waals surface area (Å²) in [6.07, 6.45) is 4.00. The molecule has 34 heavy (non-hydrogen) atoms. The number of ether oxygens (including phenoxy) is 1. The van der Waals surface area contributed by atoms with Gasteiger partial charge in [-0.05, 0) is 25.0 Å². The molecule has 0 saturated heterocycles. The van der Waals surface area contributed by atoms with E-state index in [1.165, 1.54) is 19.4 Å². The van der Waals surface area contributed by atoms with E-state index in [1.807, 2.05) is 0 Å². The van der Waals surface area contributed by atoms with Crippen LogP contribution in [0.5, 0.6) is 0 Å². The lowest BCUT2D eigenvalue weighted by Gasteiger charge is -2.07. The summed E-state index contributed by atoms with van der Waals surface area (Å²) in [7, 11) is 1.34. The van der Waals surface area contributed by atoms with Crippen LogP contribution in [0.3, 0.4) is 0 Å². The number of unbranched alkanes of at least 4 members (excludes halogenated alkanes) is 1. The summed E-state index contributed by atoms with van der Waals surface area (Å²) < 4.78 is 39.6. The summed E-state index contributed by atoms with van der Waals surface area (Å²) in [6, 6.07) is 9.74. The zero-order chi connectivity index (χ0) is 23.9. The minimum absolute atomic E-state index is 0.0229. The average Bonchev–Trinajstić information content (AvgIpc) is 3.51. The Bertz CT molecular complexity index is 1260. The third-order valence-corrected chi connectivity index (χ3v) is 5.06. The zero-order valence-electron chi connectivity index (χ0n) is 18.4. The van der Waals surface area contributed by atoms with Crippen LogP contribution in [0.1, 0.15) is 24.8 Å². The molecule has 9 nitrogen and oxygen atoms in total. The number of carbonyl (C=O) groups is 1. The van der Waals surface area contributed by atoms with Crippen LogP contribution >= 0.6 is 0 Å². The molecule has 0 fully saturated rings. The summed E-state index contributed by atoms with van der Waals surface area (Å²) in [4.78, 5) is 19.5. The summed E-state index contributed by atoms with van der Waals surface area (Å²) >= 11 is 0. The van der Waals surface area contributed by atoms with E-state index in [2.05, 4.69) is 30.3 Å². The first-order valence-electron chi connectivity index (χ1n) is 10.6. The summed E-state index contributed by atoms with van der Waals surface area (Å²) in [5, 5.41) is 11.4. The molecule has 4 rings (SSSR count). The van der Waals surface area contributed by atoms with Gasteiger partial charge in [0.15, 0.2) is 17.5 Å². The number of anilines is 1. The predicted octanol–water partition coefficient (Wildman–Crippen LogP) is 4.08. The molecule has 176 valence electrons. The Morgan fingerprint density at radius 3 is 2.76 bits per heavy atom. The molecule has 0 aliphatic rings. The highest BCUT2D eigenvalue weighted by atomic mass is 19.1. The minimum Gasteiger partial charge on any atom is -0.469 e. The first-order chi connectivity index (χ1) is 16.5. The van der Waals surface area contributed by atoms with Crippen LogP contribution in [0.4, 0.5) is 14.6 Å². The van der Waals surface area contributed by atoms with Crippen LogP contribution in [0.15, 0.2) is 53.4 Å². The summed E-state index contributed by atoms with van der Waals surface area (Å²) in [5.74, 6) is -1.05. The van der Waals surface area contributed by atoms with Crippen molar-refractivity contribution in [1.82, 2.24) is 24.9 Å². The summed E-state index contributed by atoms with van der Waals surface area (Å²) in [6.45, 7) is 0.553. The molecule has 0 spiro atoms. The van der Waals surface area contributed by atoms with E-state index in [9.17, 15) is 13.6 Å². The van der Waals surface area contributed by atoms with E-state index in [1.54, 1.807) is 35.0 Å². The molecule has 1 N–H and O–H groups in total. The lowest BCUT2D eigenvalue weighted by molar-refractivity contribution is -0.140. The maximum Gasteiger partial charge on any atom is 0.305 e. The molecule has 0 aliphatic carbocycles. The molecule has 0 radical (unpaired) electrons. The van der Waals surface area contributed by atoms with Gasteiger partial charge < -0.3 is 14.6 Å². The third kappa shape index (κ3) is 5.42. The fraction of sp³-hybridized carbons (Fsp3) is 0.261.